The summed E-state index contributed by atoms with van der Waals surface area (Å²) in [7, 11) is 0. The topological polar surface area (TPSA) is 12.0 Å². The van der Waals surface area contributed by atoms with Crippen LogP contribution in [0.3, 0.4) is 0 Å². The van der Waals surface area contributed by atoms with Gasteiger partial charge in [-0.05, 0) is 12.1 Å². The van der Waals surface area contributed by atoms with E-state index in [2.05, 4.69) is 3.53 Å². The second-order valence-corrected chi connectivity index (χ2v) is 3.02. The highest BCUT2D eigenvalue weighted by Crippen LogP contribution is 2.29. The highest BCUT2D eigenvalue weighted by atomic mass is 127. The van der Waals surface area contributed by atoms with Gasteiger partial charge in [0, 0.05) is 0 Å². The summed E-state index contributed by atoms with van der Waals surface area (Å²) in [6.07, 6.45) is 0. The van der Waals surface area contributed by atoms with Crippen molar-refractivity contribution >= 4 is 51.8 Å². The molecule has 1 aromatic rings. The van der Waals surface area contributed by atoms with E-state index in [4.69, 9.17) is 23.2 Å². The Labute approximate surface area is 83.2 Å². The third-order valence-corrected chi connectivity index (χ3v) is 2.45. The van der Waals surface area contributed by atoms with E-state index in [1.54, 1.807) is 6.07 Å². The molecule has 10 heavy (non-hydrogen) atoms. The van der Waals surface area contributed by atoms with Gasteiger partial charge in [-0.3, -0.25) is 0 Å². The number of halogens is 3. The largest absolute Gasteiger partial charge is 0.327 e. The number of anilines is 1. The van der Waals surface area contributed by atoms with Crippen molar-refractivity contribution in [2.24, 2.45) is 0 Å². The molecule has 0 unspecified atom stereocenters. The molecule has 1 rings (SSSR count). The van der Waals surface area contributed by atoms with Crippen molar-refractivity contribution in [1.82, 2.24) is 0 Å². The molecule has 0 atom stereocenters. The first-order valence-corrected chi connectivity index (χ1v) is 4.40. The highest BCUT2D eigenvalue weighted by molar-refractivity contribution is 14.1. The van der Waals surface area contributed by atoms with Gasteiger partial charge >= 0.3 is 0 Å². The van der Waals surface area contributed by atoms with Crippen LogP contribution in [0.4, 0.5) is 5.69 Å². The third-order valence-electron chi connectivity index (χ3n) is 1.05. The van der Waals surface area contributed by atoms with Crippen molar-refractivity contribution in [2.45, 2.75) is 0 Å². The molecule has 0 amide bonds. The van der Waals surface area contributed by atoms with Crippen LogP contribution in [0.25, 0.3) is 0 Å². The van der Waals surface area contributed by atoms with Gasteiger partial charge in [0.15, 0.2) is 0 Å². The molecular weight excluding hydrogens is 284 g/mol. The molecule has 1 N–H and O–H groups in total. The van der Waals surface area contributed by atoms with Gasteiger partial charge in [-0.25, -0.2) is 0 Å². The number of hydrogen-bond acceptors (Lipinski definition) is 1. The lowest BCUT2D eigenvalue weighted by molar-refractivity contribution is 1.69. The lowest BCUT2D eigenvalue weighted by Gasteiger charge is -2.01. The van der Waals surface area contributed by atoms with Crippen LogP contribution in [-0.2, 0) is 0 Å². The quantitative estimate of drug-likeness (QED) is 0.613. The van der Waals surface area contributed by atoms with Crippen LogP contribution >= 0.6 is 46.1 Å². The lowest BCUT2D eigenvalue weighted by Crippen LogP contribution is -1.79. The number of rotatable bonds is 1. The maximum absolute atomic E-state index is 5.79. The van der Waals surface area contributed by atoms with Crippen LogP contribution in [-0.4, -0.2) is 0 Å². The molecule has 0 aromatic heterocycles. The van der Waals surface area contributed by atoms with Gasteiger partial charge in [0.25, 0.3) is 0 Å². The Morgan fingerprint density at radius 2 is 2.00 bits per heavy atom. The predicted molar refractivity (Wildman–Crippen MR) is 54.1 cm³/mol. The monoisotopic (exact) mass is 287 g/mol. The second kappa shape index (κ2) is 3.64. The van der Waals surface area contributed by atoms with Crippen molar-refractivity contribution in [3.05, 3.63) is 28.2 Å². The predicted octanol–water partition coefficient (Wildman–Crippen LogP) is 3.76. The van der Waals surface area contributed by atoms with E-state index in [-0.39, 0.29) is 0 Å². The fourth-order valence-corrected chi connectivity index (χ4v) is 1.53. The van der Waals surface area contributed by atoms with Crippen molar-refractivity contribution in [3.63, 3.8) is 0 Å². The van der Waals surface area contributed by atoms with Gasteiger partial charge < -0.3 is 3.53 Å². The van der Waals surface area contributed by atoms with E-state index < -0.39 is 0 Å². The van der Waals surface area contributed by atoms with E-state index in [1.807, 2.05) is 35.0 Å². The standard InChI is InChI=1S/C6H4Cl2IN/c7-4-2-1-3-5(10-9)6(4)8/h1-3,10H. The molecular formula is C6H4Cl2IN. The highest BCUT2D eigenvalue weighted by Gasteiger charge is 2.00. The Kier molecular flexibility index (Phi) is 3.07. The summed E-state index contributed by atoms with van der Waals surface area (Å²) in [5, 5.41) is 1.14. The Hall–Kier alpha value is 0.330. The van der Waals surface area contributed by atoms with Gasteiger partial charge in [0.1, 0.15) is 0 Å². The van der Waals surface area contributed by atoms with E-state index >= 15 is 0 Å². The zero-order valence-electron chi connectivity index (χ0n) is 4.87. The first-order valence-electron chi connectivity index (χ1n) is 2.56. The molecule has 1 aromatic carbocycles. The molecule has 0 aliphatic carbocycles. The van der Waals surface area contributed by atoms with Gasteiger partial charge in [0.2, 0.25) is 0 Å². The molecule has 0 saturated heterocycles. The molecule has 0 heterocycles. The second-order valence-electron chi connectivity index (χ2n) is 1.70. The van der Waals surface area contributed by atoms with Crippen LogP contribution in [0.15, 0.2) is 18.2 Å². The van der Waals surface area contributed by atoms with E-state index in [0.717, 1.165) is 5.69 Å². The SMILES string of the molecule is Clc1cccc(NI)c1Cl. The van der Waals surface area contributed by atoms with Gasteiger partial charge in [0.05, 0.1) is 38.6 Å². The Bertz CT molecular complexity index is 239. The van der Waals surface area contributed by atoms with E-state index in [0.29, 0.717) is 10.0 Å². The Morgan fingerprint density at radius 3 is 2.50 bits per heavy atom. The van der Waals surface area contributed by atoms with Crippen molar-refractivity contribution in [2.75, 3.05) is 3.53 Å². The maximum Gasteiger partial charge on any atom is 0.0830 e. The molecule has 0 radical (unpaired) electrons. The molecule has 0 aliphatic rings. The fourth-order valence-electron chi connectivity index (χ4n) is 0.577. The van der Waals surface area contributed by atoms with Crippen LogP contribution < -0.4 is 3.53 Å². The van der Waals surface area contributed by atoms with Gasteiger partial charge in [-0.1, -0.05) is 29.3 Å². The van der Waals surface area contributed by atoms with E-state index in [1.165, 1.54) is 0 Å². The summed E-state index contributed by atoms with van der Waals surface area (Å²) in [4.78, 5) is 0. The van der Waals surface area contributed by atoms with Crippen molar-refractivity contribution < 1.29 is 0 Å². The summed E-state index contributed by atoms with van der Waals surface area (Å²) in [6, 6.07) is 5.46. The van der Waals surface area contributed by atoms with Crippen LogP contribution in [0.5, 0.6) is 0 Å². The summed E-state index contributed by atoms with van der Waals surface area (Å²) in [6.45, 7) is 0. The molecule has 1 nitrogen and oxygen atoms in total. The molecule has 0 spiro atoms. The van der Waals surface area contributed by atoms with Gasteiger partial charge in [-0.2, -0.15) is 0 Å². The third kappa shape index (κ3) is 1.68. The van der Waals surface area contributed by atoms with Crippen LogP contribution in [0.1, 0.15) is 0 Å². The summed E-state index contributed by atoms with van der Waals surface area (Å²) in [5.41, 5.74) is 0.842. The normalized spacial score (nSPS) is 9.50. The molecule has 0 bridgehead atoms. The van der Waals surface area contributed by atoms with Crippen molar-refractivity contribution in [3.8, 4) is 0 Å². The summed E-state index contributed by atoms with van der Waals surface area (Å²) < 4.78 is 2.89. The molecule has 0 saturated carbocycles. The van der Waals surface area contributed by atoms with Crippen LogP contribution in [0.2, 0.25) is 10.0 Å². The zero-order valence-corrected chi connectivity index (χ0v) is 8.54. The van der Waals surface area contributed by atoms with E-state index in [9.17, 15) is 0 Å². The minimum absolute atomic E-state index is 0.568. The lowest BCUT2D eigenvalue weighted by atomic mass is 10.3. The number of hydrogen-bond donors (Lipinski definition) is 1. The van der Waals surface area contributed by atoms with Crippen molar-refractivity contribution in [1.29, 1.82) is 0 Å². The first kappa shape index (κ1) is 8.43. The average molecular weight is 288 g/mol. The first-order chi connectivity index (χ1) is 4.75. The maximum atomic E-state index is 5.79. The minimum atomic E-state index is 0.568. The zero-order chi connectivity index (χ0) is 7.56. The smallest absolute Gasteiger partial charge is 0.0830 e. The summed E-state index contributed by atoms with van der Waals surface area (Å²) >= 11 is 13.5. The fraction of sp³-hybridized carbons (Fsp3) is 0. The Morgan fingerprint density at radius 1 is 1.30 bits per heavy atom. The number of nitrogens with one attached hydrogen (secondary N) is 1. The average Bonchev–Trinajstić information content (AvgIpc) is 1.95. The minimum Gasteiger partial charge on any atom is -0.327 e. The molecule has 54 valence electrons. The number of benzene rings is 1. The Balaban J connectivity index is 3.14. The molecule has 4 heteroatoms. The molecule has 0 fully saturated rings. The van der Waals surface area contributed by atoms with Crippen LogP contribution in [0, 0.1) is 0 Å². The summed E-state index contributed by atoms with van der Waals surface area (Å²) in [5.74, 6) is 0. The van der Waals surface area contributed by atoms with Gasteiger partial charge in [-0.15, -0.1) is 0 Å². The molecule has 0 aliphatic heterocycles.